The molecular weight excluding hydrogens is 198 g/mol. The third-order valence-corrected chi connectivity index (χ3v) is 3.47. The van der Waals surface area contributed by atoms with E-state index in [4.69, 9.17) is 0 Å². The molecule has 2 nitrogen and oxygen atoms in total. The molecule has 0 unspecified atom stereocenters. The zero-order valence-electron chi connectivity index (χ0n) is 9.58. The molecule has 1 aromatic carbocycles. The molecule has 1 aliphatic carbocycles. The fourth-order valence-electron chi connectivity index (χ4n) is 2.06. The van der Waals surface area contributed by atoms with Crippen LogP contribution >= 0.6 is 0 Å². The lowest BCUT2D eigenvalue weighted by Gasteiger charge is -2.41. The van der Waals surface area contributed by atoms with Crippen molar-refractivity contribution in [3.05, 3.63) is 42.5 Å². The molecule has 0 spiro atoms. The Morgan fingerprint density at radius 1 is 1.31 bits per heavy atom. The second-order valence-electron chi connectivity index (χ2n) is 4.62. The fraction of sp³-hybridized carbons (Fsp3) is 0.429. The van der Waals surface area contributed by atoms with E-state index in [0.717, 1.165) is 25.0 Å². The van der Waals surface area contributed by atoms with E-state index in [1.165, 1.54) is 12.0 Å². The molecule has 0 atom stereocenters. The van der Waals surface area contributed by atoms with Gasteiger partial charge in [-0.05, 0) is 30.4 Å². The Balaban J connectivity index is 1.89. The Labute approximate surface area is 97.0 Å². The van der Waals surface area contributed by atoms with Gasteiger partial charge < -0.3 is 10.4 Å². The summed E-state index contributed by atoms with van der Waals surface area (Å²) in [6, 6.07) is 10.2. The highest BCUT2D eigenvalue weighted by molar-refractivity contribution is 5.64. The minimum atomic E-state index is -0.0300. The number of aliphatic hydroxyl groups excluding tert-OH is 1. The molecule has 2 N–H and O–H groups in total. The van der Waals surface area contributed by atoms with Crippen LogP contribution in [0, 0.1) is 0 Å². The van der Waals surface area contributed by atoms with Crippen LogP contribution in [0.5, 0.6) is 0 Å². The Bertz CT molecular complexity index is 349. The lowest BCUT2D eigenvalue weighted by Crippen LogP contribution is -2.54. The van der Waals surface area contributed by atoms with Crippen LogP contribution in [-0.2, 0) is 0 Å². The number of hydrogen-bond acceptors (Lipinski definition) is 2. The molecule has 0 radical (unpaired) electrons. The van der Waals surface area contributed by atoms with E-state index < -0.39 is 0 Å². The van der Waals surface area contributed by atoms with Crippen molar-refractivity contribution in [1.29, 1.82) is 0 Å². The van der Waals surface area contributed by atoms with Crippen LogP contribution in [0.25, 0.3) is 5.57 Å². The second kappa shape index (κ2) is 4.81. The molecule has 0 aliphatic heterocycles. The van der Waals surface area contributed by atoms with E-state index in [0.29, 0.717) is 0 Å². The third kappa shape index (κ3) is 2.34. The van der Waals surface area contributed by atoms with E-state index in [9.17, 15) is 5.11 Å². The van der Waals surface area contributed by atoms with Gasteiger partial charge in [-0.2, -0.15) is 0 Å². The summed E-state index contributed by atoms with van der Waals surface area (Å²) >= 11 is 0. The van der Waals surface area contributed by atoms with Gasteiger partial charge in [0.15, 0.2) is 0 Å². The summed E-state index contributed by atoms with van der Waals surface area (Å²) in [5.41, 5.74) is 2.22. The topological polar surface area (TPSA) is 32.3 Å². The van der Waals surface area contributed by atoms with Crippen LogP contribution in [-0.4, -0.2) is 23.8 Å². The lowest BCUT2D eigenvalue weighted by atomic mass is 9.77. The van der Waals surface area contributed by atoms with Gasteiger partial charge in [0.25, 0.3) is 0 Å². The van der Waals surface area contributed by atoms with Crippen LogP contribution < -0.4 is 5.32 Å². The van der Waals surface area contributed by atoms with Gasteiger partial charge >= 0.3 is 0 Å². The van der Waals surface area contributed by atoms with E-state index in [-0.39, 0.29) is 12.1 Å². The largest absolute Gasteiger partial charge is 0.394 e. The molecule has 0 bridgehead atoms. The zero-order chi connectivity index (χ0) is 11.4. The maximum atomic E-state index is 9.33. The van der Waals surface area contributed by atoms with Crippen molar-refractivity contribution in [2.75, 3.05) is 13.2 Å². The molecule has 2 rings (SSSR count). The Kier molecular flexibility index (Phi) is 3.42. The maximum Gasteiger partial charge on any atom is 0.0613 e. The fourth-order valence-corrected chi connectivity index (χ4v) is 2.06. The summed E-state index contributed by atoms with van der Waals surface area (Å²) < 4.78 is 0. The average Bonchev–Trinajstić information content (AvgIpc) is 2.29. The van der Waals surface area contributed by atoms with E-state index in [1.807, 2.05) is 18.2 Å². The highest BCUT2D eigenvalue weighted by atomic mass is 16.3. The van der Waals surface area contributed by atoms with Gasteiger partial charge in [-0.3, -0.25) is 0 Å². The van der Waals surface area contributed by atoms with Gasteiger partial charge in [0.05, 0.1) is 6.61 Å². The maximum absolute atomic E-state index is 9.33. The van der Waals surface area contributed by atoms with Crippen molar-refractivity contribution in [2.24, 2.45) is 0 Å². The zero-order valence-corrected chi connectivity index (χ0v) is 9.58. The van der Waals surface area contributed by atoms with Gasteiger partial charge in [0.2, 0.25) is 0 Å². The van der Waals surface area contributed by atoms with Crippen LogP contribution in [0.15, 0.2) is 36.9 Å². The molecule has 0 saturated heterocycles. The minimum absolute atomic E-state index is 0.0300. The number of hydrogen-bond donors (Lipinski definition) is 2. The molecule has 0 amide bonds. The van der Waals surface area contributed by atoms with Crippen molar-refractivity contribution in [3.63, 3.8) is 0 Å². The first-order valence-electron chi connectivity index (χ1n) is 5.85. The monoisotopic (exact) mass is 217 g/mol. The van der Waals surface area contributed by atoms with Crippen molar-refractivity contribution in [1.82, 2.24) is 5.32 Å². The molecular formula is C14H19NO. The van der Waals surface area contributed by atoms with Crippen molar-refractivity contribution in [2.45, 2.75) is 24.8 Å². The molecule has 1 aliphatic rings. The summed E-state index contributed by atoms with van der Waals surface area (Å²) in [5, 5.41) is 12.8. The predicted octanol–water partition coefficient (Wildman–Crippen LogP) is 2.20. The minimum Gasteiger partial charge on any atom is -0.394 e. The predicted molar refractivity (Wildman–Crippen MR) is 67.1 cm³/mol. The van der Waals surface area contributed by atoms with Crippen LogP contribution in [0.3, 0.4) is 0 Å². The van der Waals surface area contributed by atoms with Crippen LogP contribution in [0.2, 0.25) is 0 Å². The standard InChI is InChI=1S/C14H19NO/c1-12(13-6-3-2-4-7-13)10-15-14(11-16)8-5-9-14/h2-4,6-7,15-16H,1,5,8-11H2. The van der Waals surface area contributed by atoms with E-state index in [1.54, 1.807) is 0 Å². The first kappa shape index (κ1) is 11.4. The molecule has 1 saturated carbocycles. The van der Waals surface area contributed by atoms with E-state index in [2.05, 4.69) is 24.0 Å². The second-order valence-corrected chi connectivity index (χ2v) is 4.62. The van der Waals surface area contributed by atoms with Gasteiger partial charge in [0.1, 0.15) is 0 Å². The number of rotatable bonds is 5. The Hall–Kier alpha value is -1.12. The first-order chi connectivity index (χ1) is 7.76. The van der Waals surface area contributed by atoms with Crippen LogP contribution in [0.4, 0.5) is 0 Å². The molecule has 0 heterocycles. The molecule has 16 heavy (non-hydrogen) atoms. The SMILES string of the molecule is C=C(CNC1(CO)CCC1)c1ccccc1. The first-order valence-corrected chi connectivity index (χ1v) is 5.85. The van der Waals surface area contributed by atoms with Gasteiger partial charge in [-0.25, -0.2) is 0 Å². The van der Waals surface area contributed by atoms with E-state index >= 15 is 0 Å². The molecule has 1 fully saturated rings. The smallest absolute Gasteiger partial charge is 0.0613 e. The third-order valence-electron chi connectivity index (χ3n) is 3.47. The number of aliphatic hydroxyl groups is 1. The Morgan fingerprint density at radius 3 is 2.50 bits per heavy atom. The molecule has 2 heteroatoms. The summed E-state index contributed by atoms with van der Waals surface area (Å²) in [7, 11) is 0. The molecule has 0 aromatic heterocycles. The molecule has 1 aromatic rings. The molecule has 86 valence electrons. The van der Waals surface area contributed by atoms with Gasteiger partial charge in [-0.15, -0.1) is 0 Å². The normalized spacial score (nSPS) is 17.8. The van der Waals surface area contributed by atoms with Gasteiger partial charge in [-0.1, -0.05) is 36.9 Å². The lowest BCUT2D eigenvalue weighted by molar-refractivity contribution is 0.0932. The highest BCUT2D eigenvalue weighted by Crippen LogP contribution is 2.31. The van der Waals surface area contributed by atoms with Crippen molar-refractivity contribution >= 4 is 5.57 Å². The van der Waals surface area contributed by atoms with Gasteiger partial charge in [0, 0.05) is 12.1 Å². The number of benzene rings is 1. The summed E-state index contributed by atoms with van der Waals surface area (Å²) in [6.45, 7) is 5.06. The van der Waals surface area contributed by atoms with Crippen LogP contribution in [0.1, 0.15) is 24.8 Å². The average molecular weight is 217 g/mol. The summed E-state index contributed by atoms with van der Waals surface area (Å²) in [6.07, 6.45) is 3.36. The summed E-state index contributed by atoms with van der Waals surface area (Å²) in [4.78, 5) is 0. The van der Waals surface area contributed by atoms with Crippen molar-refractivity contribution < 1.29 is 5.11 Å². The summed E-state index contributed by atoms with van der Waals surface area (Å²) in [5.74, 6) is 0. The highest BCUT2D eigenvalue weighted by Gasteiger charge is 2.35. The Morgan fingerprint density at radius 2 is 2.00 bits per heavy atom. The van der Waals surface area contributed by atoms with Crippen molar-refractivity contribution in [3.8, 4) is 0 Å². The quantitative estimate of drug-likeness (QED) is 0.792. The number of nitrogens with one attached hydrogen (secondary N) is 1.